The molecule has 0 spiro atoms. The molecule has 0 aromatic heterocycles. The van der Waals surface area contributed by atoms with Gasteiger partial charge in [0.2, 0.25) is 0 Å². The second-order valence-corrected chi connectivity index (χ2v) is 6.33. The maximum absolute atomic E-state index is 12.7. The Labute approximate surface area is 166 Å². The van der Waals surface area contributed by atoms with E-state index in [0.717, 1.165) is 0 Å². The van der Waals surface area contributed by atoms with Crippen LogP contribution in [0.4, 0.5) is 0 Å². The van der Waals surface area contributed by atoms with Gasteiger partial charge in [-0.3, -0.25) is 19.2 Å². The molecular weight excluding hydrogens is 368 g/mol. The van der Waals surface area contributed by atoms with Crippen LogP contribution < -0.4 is 0 Å². The van der Waals surface area contributed by atoms with Crippen LogP contribution in [0, 0.1) is 10.8 Å². The van der Waals surface area contributed by atoms with Gasteiger partial charge >= 0.3 is 23.9 Å². The van der Waals surface area contributed by atoms with Crippen molar-refractivity contribution in [3.8, 4) is 0 Å². The maximum Gasteiger partial charge on any atom is 0.327 e. The van der Waals surface area contributed by atoms with E-state index in [-0.39, 0.29) is 38.4 Å². The van der Waals surface area contributed by atoms with Gasteiger partial charge in [0.05, 0.1) is 26.4 Å². The van der Waals surface area contributed by atoms with Crippen molar-refractivity contribution in [3.05, 3.63) is 11.6 Å². The Hall–Kier alpha value is -2.38. The lowest BCUT2D eigenvalue weighted by molar-refractivity contribution is -0.174. The SMILES string of the molecule is C/C=C(\CC(C)(C(=O)OCC)C(=O)OCC)C(C)(C(=O)OCC)C(=O)OCC. The van der Waals surface area contributed by atoms with Gasteiger partial charge in [-0.1, -0.05) is 6.08 Å². The molecule has 28 heavy (non-hydrogen) atoms. The topological polar surface area (TPSA) is 105 Å². The van der Waals surface area contributed by atoms with E-state index in [1.807, 2.05) is 0 Å². The van der Waals surface area contributed by atoms with Gasteiger partial charge in [0.15, 0.2) is 10.8 Å². The lowest BCUT2D eigenvalue weighted by Gasteiger charge is -2.32. The molecule has 0 heterocycles. The minimum absolute atomic E-state index is 0.0534. The molecule has 160 valence electrons. The third-order valence-electron chi connectivity index (χ3n) is 4.35. The molecule has 0 aromatic rings. The summed E-state index contributed by atoms with van der Waals surface area (Å²) in [7, 11) is 0. The zero-order valence-corrected chi connectivity index (χ0v) is 17.9. The monoisotopic (exact) mass is 400 g/mol. The molecule has 0 fully saturated rings. The predicted octanol–water partition coefficient (Wildman–Crippen LogP) is 2.59. The Balaban J connectivity index is 6.25. The van der Waals surface area contributed by atoms with Crippen LogP contribution in [0.5, 0.6) is 0 Å². The number of hydrogen-bond acceptors (Lipinski definition) is 8. The fraction of sp³-hybridized carbons (Fsp3) is 0.700. The van der Waals surface area contributed by atoms with Crippen molar-refractivity contribution in [3.63, 3.8) is 0 Å². The lowest BCUT2D eigenvalue weighted by atomic mass is 9.72. The Morgan fingerprint density at radius 3 is 1.29 bits per heavy atom. The Kier molecular flexibility index (Phi) is 10.5. The molecule has 0 atom stereocenters. The Morgan fingerprint density at radius 1 is 0.679 bits per heavy atom. The lowest BCUT2D eigenvalue weighted by Crippen LogP contribution is -2.46. The fourth-order valence-electron chi connectivity index (χ4n) is 2.65. The molecule has 8 heteroatoms. The van der Waals surface area contributed by atoms with E-state index in [2.05, 4.69) is 0 Å². The first-order chi connectivity index (χ1) is 13.1. The van der Waals surface area contributed by atoms with E-state index >= 15 is 0 Å². The molecule has 0 saturated carbocycles. The van der Waals surface area contributed by atoms with Crippen LogP contribution in [0.15, 0.2) is 11.6 Å². The van der Waals surface area contributed by atoms with Gasteiger partial charge < -0.3 is 18.9 Å². The van der Waals surface area contributed by atoms with Crippen molar-refractivity contribution in [2.45, 2.75) is 54.9 Å². The van der Waals surface area contributed by atoms with E-state index in [0.29, 0.717) is 0 Å². The average molecular weight is 400 g/mol. The maximum atomic E-state index is 12.7. The summed E-state index contributed by atoms with van der Waals surface area (Å²) in [6, 6.07) is 0. The third-order valence-corrected chi connectivity index (χ3v) is 4.35. The summed E-state index contributed by atoms with van der Waals surface area (Å²) < 4.78 is 20.2. The Morgan fingerprint density at radius 2 is 1.00 bits per heavy atom. The van der Waals surface area contributed by atoms with Crippen LogP contribution in [0.2, 0.25) is 0 Å². The van der Waals surface area contributed by atoms with E-state index in [9.17, 15) is 19.2 Å². The van der Waals surface area contributed by atoms with Crippen LogP contribution in [0.1, 0.15) is 54.9 Å². The Bertz CT molecular complexity index is 569. The smallest absolute Gasteiger partial charge is 0.327 e. The quantitative estimate of drug-likeness (QED) is 0.225. The van der Waals surface area contributed by atoms with Crippen molar-refractivity contribution in [1.29, 1.82) is 0 Å². The molecule has 0 aliphatic carbocycles. The molecule has 8 nitrogen and oxygen atoms in total. The number of carbonyl (C=O) groups is 4. The summed E-state index contributed by atoms with van der Waals surface area (Å²) in [5, 5.41) is 0. The number of rotatable bonds is 11. The van der Waals surface area contributed by atoms with Gasteiger partial charge in [0.1, 0.15) is 0 Å². The molecule has 0 aromatic carbocycles. The number of ether oxygens (including phenoxy) is 4. The minimum Gasteiger partial charge on any atom is -0.465 e. The molecule has 0 radical (unpaired) electrons. The molecule has 0 bridgehead atoms. The van der Waals surface area contributed by atoms with Crippen LogP contribution in [0.25, 0.3) is 0 Å². The highest BCUT2D eigenvalue weighted by Gasteiger charge is 2.53. The minimum atomic E-state index is -1.82. The average Bonchev–Trinajstić information content (AvgIpc) is 2.65. The zero-order chi connectivity index (χ0) is 22.0. The third kappa shape index (κ3) is 5.56. The van der Waals surface area contributed by atoms with E-state index in [1.165, 1.54) is 19.9 Å². The molecule has 0 aliphatic heterocycles. The van der Waals surface area contributed by atoms with E-state index < -0.39 is 34.7 Å². The van der Waals surface area contributed by atoms with Gasteiger partial charge in [-0.15, -0.1) is 0 Å². The van der Waals surface area contributed by atoms with Crippen LogP contribution >= 0.6 is 0 Å². The fourth-order valence-corrected chi connectivity index (χ4v) is 2.65. The molecule has 0 unspecified atom stereocenters. The number of carbonyl (C=O) groups excluding carboxylic acids is 4. The van der Waals surface area contributed by atoms with Crippen LogP contribution in [-0.2, 0) is 38.1 Å². The van der Waals surface area contributed by atoms with Crippen molar-refractivity contribution >= 4 is 23.9 Å². The van der Waals surface area contributed by atoms with E-state index in [4.69, 9.17) is 18.9 Å². The van der Waals surface area contributed by atoms with Gasteiger partial charge in [-0.05, 0) is 60.5 Å². The second-order valence-electron chi connectivity index (χ2n) is 6.33. The molecule has 0 N–H and O–H groups in total. The largest absolute Gasteiger partial charge is 0.465 e. The van der Waals surface area contributed by atoms with Crippen molar-refractivity contribution in [2.75, 3.05) is 26.4 Å². The van der Waals surface area contributed by atoms with Gasteiger partial charge in [0.25, 0.3) is 0 Å². The first-order valence-electron chi connectivity index (χ1n) is 9.44. The first-order valence-corrected chi connectivity index (χ1v) is 9.44. The summed E-state index contributed by atoms with van der Waals surface area (Å²) in [4.78, 5) is 50.5. The summed E-state index contributed by atoms with van der Waals surface area (Å²) in [5.41, 5.74) is -3.36. The summed E-state index contributed by atoms with van der Waals surface area (Å²) >= 11 is 0. The molecule has 0 saturated heterocycles. The molecule has 0 aliphatic rings. The predicted molar refractivity (Wildman–Crippen MR) is 101 cm³/mol. The van der Waals surface area contributed by atoms with Crippen LogP contribution in [-0.4, -0.2) is 50.3 Å². The molecular formula is C20H32O8. The highest BCUT2D eigenvalue weighted by Crippen LogP contribution is 2.40. The van der Waals surface area contributed by atoms with Gasteiger partial charge in [-0.2, -0.15) is 0 Å². The van der Waals surface area contributed by atoms with Crippen LogP contribution in [0.3, 0.4) is 0 Å². The van der Waals surface area contributed by atoms with Crippen molar-refractivity contribution in [1.82, 2.24) is 0 Å². The number of esters is 4. The van der Waals surface area contributed by atoms with Gasteiger partial charge in [0, 0.05) is 0 Å². The summed E-state index contributed by atoms with van der Waals surface area (Å²) in [5.74, 6) is -3.25. The summed E-state index contributed by atoms with van der Waals surface area (Å²) in [6.45, 7) is 11.0. The molecule has 0 rings (SSSR count). The standard InChI is InChI=1S/C20H32O8/c1-8-14(20(7,17(23)27-11-4)18(24)28-12-5)13-19(6,15(21)25-9-2)16(22)26-10-3/h8H,9-13H2,1-7H3/b14-8+. The highest BCUT2D eigenvalue weighted by molar-refractivity contribution is 6.04. The second kappa shape index (κ2) is 11.5. The van der Waals surface area contributed by atoms with Gasteiger partial charge in [-0.25, -0.2) is 0 Å². The summed E-state index contributed by atoms with van der Waals surface area (Å²) in [6.07, 6.45) is 1.24. The zero-order valence-electron chi connectivity index (χ0n) is 17.9. The number of hydrogen-bond donors (Lipinski definition) is 0. The van der Waals surface area contributed by atoms with Crippen molar-refractivity contribution < 1.29 is 38.1 Å². The van der Waals surface area contributed by atoms with E-state index in [1.54, 1.807) is 34.6 Å². The highest BCUT2D eigenvalue weighted by atomic mass is 16.6. The number of allylic oxidation sites excluding steroid dienone is 1. The molecule has 0 amide bonds. The normalized spacial score (nSPS) is 12.2. The van der Waals surface area contributed by atoms with Crippen molar-refractivity contribution in [2.24, 2.45) is 10.8 Å². The first kappa shape index (κ1) is 25.6.